The van der Waals surface area contributed by atoms with E-state index in [4.69, 9.17) is 4.84 Å². The summed E-state index contributed by atoms with van der Waals surface area (Å²) >= 11 is 0. The topological polar surface area (TPSA) is 21.6 Å². The lowest BCUT2D eigenvalue weighted by Crippen LogP contribution is -1.81. The van der Waals surface area contributed by atoms with Gasteiger partial charge in [-0.2, -0.15) is 0 Å². The Balaban J connectivity index is 2.88. The van der Waals surface area contributed by atoms with Crippen LogP contribution in [0.25, 0.3) is 0 Å². The van der Waals surface area contributed by atoms with Gasteiger partial charge in [0.05, 0.1) is 0 Å². The van der Waals surface area contributed by atoms with Crippen molar-refractivity contribution in [2.24, 2.45) is 5.16 Å². The SMILES string of the molecule is [CH2]CCCC/C=N/OCC. The Hall–Kier alpha value is -0.530. The van der Waals surface area contributed by atoms with Crippen LogP contribution >= 0.6 is 0 Å². The molecule has 0 heterocycles. The molecule has 10 heavy (non-hydrogen) atoms. The summed E-state index contributed by atoms with van der Waals surface area (Å²) < 4.78 is 0. The zero-order chi connectivity index (χ0) is 7.66. The van der Waals surface area contributed by atoms with Crippen molar-refractivity contribution in [1.29, 1.82) is 0 Å². The number of unbranched alkanes of at least 4 members (excludes halogenated alkanes) is 3. The van der Waals surface area contributed by atoms with Gasteiger partial charge in [-0.25, -0.2) is 0 Å². The third-order valence-corrected chi connectivity index (χ3v) is 1.11. The molecule has 0 N–H and O–H groups in total. The highest BCUT2D eigenvalue weighted by molar-refractivity contribution is 5.56. The van der Waals surface area contributed by atoms with Gasteiger partial charge in [0.2, 0.25) is 0 Å². The van der Waals surface area contributed by atoms with E-state index >= 15 is 0 Å². The lowest BCUT2D eigenvalue weighted by molar-refractivity contribution is 0.160. The Kier molecular flexibility index (Phi) is 8.02. The second-order valence-electron chi connectivity index (χ2n) is 2.06. The van der Waals surface area contributed by atoms with Crippen molar-refractivity contribution in [3.05, 3.63) is 6.92 Å². The molecule has 0 aliphatic carbocycles. The third-order valence-electron chi connectivity index (χ3n) is 1.11. The van der Waals surface area contributed by atoms with Crippen molar-refractivity contribution in [3.63, 3.8) is 0 Å². The summed E-state index contributed by atoms with van der Waals surface area (Å²) in [6.45, 7) is 6.33. The molecule has 2 heteroatoms. The van der Waals surface area contributed by atoms with Crippen LogP contribution in [0.15, 0.2) is 5.16 Å². The fraction of sp³-hybridized carbons (Fsp3) is 0.750. The average Bonchev–Trinajstić information content (AvgIpc) is 1.97. The van der Waals surface area contributed by atoms with E-state index in [1.807, 2.05) is 13.1 Å². The highest BCUT2D eigenvalue weighted by Crippen LogP contribution is 1.95. The van der Waals surface area contributed by atoms with Gasteiger partial charge in [0, 0.05) is 6.21 Å². The van der Waals surface area contributed by atoms with Crippen LogP contribution in [-0.4, -0.2) is 12.8 Å². The summed E-state index contributed by atoms with van der Waals surface area (Å²) in [6, 6.07) is 0. The van der Waals surface area contributed by atoms with E-state index in [1.54, 1.807) is 0 Å². The van der Waals surface area contributed by atoms with E-state index in [0.29, 0.717) is 6.61 Å². The fourth-order valence-corrected chi connectivity index (χ4v) is 0.592. The maximum Gasteiger partial charge on any atom is 0.114 e. The van der Waals surface area contributed by atoms with Crippen LogP contribution in [0.3, 0.4) is 0 Å². The zero-order valence-electron chi connectivity index (χ0n) is 6.68. The van der Waals surface area contributed by atoms with Crippen LogP contribution in [0.4, 0.5) is 0 Å². The summed E-state index contributed by atoms with van der Waals surface area (Å²) in [7, 11) is 0. The standard InChI is InChI=1S/C8H16NO/c1-3-5-6-7-8-9-10-4-2/h8H,1,3-7H2,2H3/b9-8+. The van der Waals surface area contributed by atoms with Gasteiger partial charge < -0.3 is 4.84 Å². The van der Waals surface area contributed by atoms with Gasteiger partial charge >= 0.3 is 0 Å². The second kappa shape index (κ2) is 8.47. The molecule has 59 valence electrons. The Morgan fingerprint density at radius 1 is 1.50 bits per heavy atom. The number of hydrogen-bond donors (Lipinski definition) is 0. The van der Waals surface area contributed by atoms with Crippen molar-refractivity contribution < 1.29 is 4.84 Å². The molecule has 0 unspecified atom stereocenters. The van der Waals surface area contributed by atoms with Gasteiger partial charge in [0.15, 0.2) is 0 Å². The van der Waals surface area contributed by atoms with E-state index in [9.17, 15) is 0 Å². The van der Waals surface area contributed by atoms with E-state index in [0.717, 1.165) is 12.8 Å². The molecular weight excluding hydrogens is 126 g/mol. The van der Waals surface area contributed by atoms with Gasteiger partial charge in [0.1, 0.15) is 6.61 Å². The first-order valence-electron chi connectivity index (χ1n) is 3.84. The molecule has 2 nitrogen and oxygen atoms in total. The van der Waals surface area contributed by atoms with Crippen LogP contribution in [0, 0.1) is 6.92 Å². The maximum absolute atomic E-state index is 4.77. The molecule has 0 saturated heterocycles. The smallest absolute Gasteiger partial charge is 0.114 e. The molecule has 0 atom stereocenters. The third kappa shape index (κ3) is 7.47. The molecule has 0 amide bonds. The van der Waals surface area contributed by atoms with Crippen molar-refractivity contribution >= 4 is 6.21 Å². The lowest BCUT2D eigenvalue weighted by Gasteiger charge is -1.91. The Morgan fingerprint density at radius 2 is 2.30 bits per heavy atom. The molecule has 0 saturated carbocycles. The first-order chi connectivity index (χ1) is 4.91. The minimum atomic E-state index is 0.659. The van der Waals surface area contributed by atoms with Gasteiger partial charge in [0.25, 0.3) is 0 Å². The summed E-state index contributed by atoms with van der Waals surface area (Å²) in [5.74, 6) is 0. The summed E-state index contributed by atoms with van der Waals surface area (Å²) in [4.78, 5) is 4.77. The normalized spacial score (nSPS) is 10.6. The van der Waals surface area contributed by atoms with Gasteiger partial charge in [-0.15, -0.1) is 0 Å². The van der Waals surface area contributed by atoms with Gasteiger partial charge in [-0.1, -0.05) is 24.9 Å². The van der Waals surface area contributed by atoms with E-state index in [2.05, 4.69) is 12.1 Å². The molecule has 0 spiro atoms. The van der Waals surface area contributed by atoms with Crippen molar-refractivity contribution in [2.75, 3.05) is 6.61 Å². The average molecular weight is 142 g/mol. The molecule has 1 radical (unpaired) electrons. The number of hydrogen-bond acceptors (Lipinski definition) is 2. The highest BCUT2D eigenvalue weighted by atomic mass is 16.6. The maximum atomic E-state index is 4.77. The largest absolute Gasteiger partial charge is 0.396 e. The van der Waals surface area contributed by atoms with E-state index in [-0.39, 0.29) is 0 Å². The van der Waals surface area contributed by atoms with Crippen molar-refractivity contribution in [3.8, 4) is 0 Å². The molecule has 0 aromatic heterocycles. The lowest BCUT2D eigenvalue weighted by atomic mass is 10.2. The summed E-state index contributed by atoms with van der Waals surface area (Å²) in [5, 5.41) is 3.72. The predicted octanol–water partition coefficient (Wildman–Crippen LogP) is 2.40. The van der Waals surface area contributed by atoms with Crippen molar-refractivity contribution in [2.45, 2.75) is 32.6 Å². The molecule has 0 bridgehead atoms. The molecule has 0 aliphatic heterocycles. The number of rotatable bonds is 6. The van der Waals surface area contributed by atoms with Crippen LogP contribution in [0.5, 0.6) is 0 Å². The summed E-state index contributed by atoms with van der Waals surface area (Å²) in [6.07, 6.45) is 6.19. The minimum absolute atomic E-state index is 0.659. The molecule has 0 aromatic rings. The molecule has 0 fully saturated rings. The van der Waals surface area contributed by atoms with Crippen LogP contribution in [0.1, 0.15) is 32.6 Å². The second-order valence-corrected chi connectivity index (χ2v) is 2.06. The van der Waals surface area contributed by atoms with Crippen molar-refractivity contribution in [1.82, 2.24) is 0 Å². The Bertz CT molecular complexity index is 81.3. The Morgan fingerprint density at radius 3 is 2.90 bits per heavy atom. The molecular formula is C8H16NO. The van der Waals surface area contributed by atoms with E-state index < -0.39 is 0 Å². The predicted molar refractivity (Wildman–Crippen MR) is 43.9 cm³/mol. The monoisotopic (exact) mass is 142 g/mol. The molecule has 0 aliphatic rings. The Labute approximate surface area is 63.3 Å². The first kappa shape index (κ1) is 9.47. The van der Waals surface area contributed by atoms with Gasteiger partial charge in [-0.3, -0.25) is 0 Å². The van der Waals surface area contributed by atoms with Crippen LogP contribution in [0.2, 0.25) is 0 Å². The highest BCUT2D eigenvalue weighted by Gasteiger charge is 1.81. The number of oxime groups is 1. The number of nitrogens with zero attached hydrogens (tertiary/aromatic N) is 1. The minimum Gasteiger partial charge on any atom is -0.396 e. The van der Waals surface area contributed by atoms with Crippen LogP contribution in [-0.2, 0) is 4.84 Å². The summed E-state index contributed by atoms with van der Waals surface area (Å²) in [5.41, 5.74) is 0. The zero-order valence-corrected chi connectivity index (χ0v) is 6.68. The quantitative estimate of drug-likeness (QED) is 0.317. The molecule has 0 aromatic carbocycles. The van der Waals surface area contributed by atoms with E-state index in [1.165, 1.54) is 12.8 Å². The fourth-order valence-electron chi connectivity index (χ4n) is 0.592. The first-order valence-corrected chi connectivity index (χ1v) is 3.84. The molecule has 0 rings (SSSR count). The van der Waals surface area contributed by atoms with Gasteiger partial charge in [-0.05, 0) is 19.8 Å². The van der Waals surface area contributed by atoms with Crippen LogP contribution < -0.4 is 0 Å².